The number of nitrogens with one attached hydrogen (secondary N) is 1. The van der Waals surface area contributed by atoms with Gasteiger partial charge in [0.25, 0.3) is 0 Å². The standard InChI is InChI=1S/C31H45NO3S/c1-30-19-5-4-7-22(30)12-16-25-26-17-13-23(31(26,2)20-18-27(25)30)8-6-9-28(33)32-36-24-14-10-21(11-15-24)29(34)35-3/h10-11,14-15,22-23,25-27H,4-9,12-13,16-20H2,1-3H3,(H,32,33). The van der Waals surface area contributed by atoms with Gasteiger partial charge in [-0.25, -0.2) is 4.79 Å². The normalized spacial score (nSPS) is 37.4. The molecule has 0 heterocycles. The van der Waals surface area contributed by atoms with Gasteiger partial charge >= 0.3 is 5.97 Å². The summed E-state index contributed by atoms with van der Waals surface area (Å²) in [5, 5.41) is 0. The molecule has 5 heteroatoms. The summed E-state index contributed by atoms with van der Waals surface area (Å²) in [4.78, 5) is 25.0. The Hall–Kier alpha value is -1.49. The molecule has 0 spiro atoms. The smallest absolute Gasteiger partial charge is 0.337 e. The molecule has 36 heavy (non-hydrogen) atoms. The molecule has 0 aromatic heterocycles. The summed E-state index contributed by atoms with van der Waals surface area (Å²) in [6.45, 7) is 5.29. The Morgan fingerprint density at radius 1 is 0.944 bits per heavy atom. The first-order valence-corrected chi connectivity index (χ1v) is 15.3. The number of hydrogen-bond acceptors (Lipinski definition) is 4. The Morgan fingerprint density at radius 2 is 1.72 bits per heavy atom. The topological polar surface area (TPSA) is 55.4 Å². The molecule has 1 aromatic rings. The second kappa shape index (κ2) is 10.7. The highest BCUT2D eigenvalue weighted by Crippen LogP contribution is 2.67. The summed E-state index contributed by atoms with van der Waals surface area (Å²) in [6, 6.07) is 7.14. The number of carbonyl (C=O) groups is 2. The van der Waals surface area contributed by atoms with Crippen LogP contribution in [0.4, 0.5) is 0 Å². The van der Waals surface area contributed by atoms with E-state index in [0.717, 1.165) is 40.9 Å². The van der Waals surface area contributed by atoms with Crippen molar-refractivity contribution in [2.45, 2.75) is 102 Å². The average molecular weight is 512 g/mol. The van der Waals surface area contributed by atoms with Crippen molar-refractivity contribution in [1.82, 2.24) is 4.72 Å². The fourth-order valence-electron chi connectivity index (χ4n) is 9.33. The van der Waals surface area contributed by atoms with Crippen LogP contribution in [0, 0.1) is 40.4 Å². The van der Waals surface area contributed by atoms with Crippen molar-refractivity contribution in [3.05, 3.63) is 29.8 Å². The molecule has 7 unspecified atom stereocenters. The lowest BCUT2D eigenvalue weighted by atomic mass is 9.45. The van der Waals surface area contributed by atoms with E-state index in [1.54, 1.807) is 12.1 Å². The maximum Gasteiger partial charge on any atom is 0.337 e. The van der Waals surface area contributed by atoms with Crippen LogP contribution in [0.15, 0.2) is 29.2 Å². The number of methoxy groups -OCH3 is 1. The Morgan fingerprint density at radius 3 is 2.50 bits per heavy atom. The first-order chi connectivity index (χ1) is 17.3. The fourth-order valence-corrected chi connectivity index (χ4v) is 9.94. The zero-order valence-corrected chi connectivity index (χ0v) is 23.3. The Bertz CT molecular complexity index is 948. The molecule has 4 nitrogen and oxygen atoms in total. The van der Waals surface area contributed by atoms with Gasteiger partial charge in [0.05, 0.1) is 12.7 Å². The summed E-state index contributed by atoms with van der Waals surface area (Å²) in [6.07, 6.45) is 17.3. The molecule has 0 bridgehead atoms. The number of fused-ring (bicyclic) bond motifs is 5. The molecule has 1 N–H and O–H groups in total. The molecule has 0 radical (unpaired) electrons. The van der Waals surface area contributed by atoms with Gasteiger partial charge in [-0.05, 0) is 141 Å². The Labute approximate surface area is 222 Å². The van der Waals surface area contributed by atoms with Gasteiger partial charge in [0.2, 0.25) is 5.91 Å². The highest BCUT2D eigenvalue weighted by atomic mass is 32.2. The van der Waals surface area contributed by atoms with Crippen molar-refractivity contribution < 1.29 is 14.3 Å². The van der Waals surface area contributed by atoms with E-state index in [1.165, 1.54) is 89.7 Å². The van der Waals surface area contributed by atoms with E-state index >= 15 is 0 Å². The van der Waals surface area contributed by atoms with Crippen LogP contribution >= 0.6 is 11.9 Å². The van der Waals surface area contributed by atoms with E-state index < -0.39 is 0 Å². The van der Waals surface area contributed by atoms with Gasteiger partial charge < -0.3 is 4.74 Å². The molecular formula is C31H45NO3S. The molecule has 7 atom stereocenters. The summed E-state index contributed by atoms with van der Waals surface area (Å²) < 4.78 is 7.72. The minimum atomic E-state index is -0.345. The van der Waals surface area contributed by atoms with Crippen LogP contribution in [0.1, 0.15) is 108 Å². The Balaban J connectivity index is 1.10. The minimum absolute atomic E-state index is 0.101. The van der Waals surface area contributed by atoms with Crippen LogP contribution < -0.4 is 4.72 Å². The number of ether oxygens (including phenoxy) is 1. The second-order valence-corrected chi connectivity index (χ2v) is 13.6. The molecule has 4 aliphatic carbocycles. The third-order valence-electron chi connectivity index (χ3n) is 11.3. The molecule has 4 fully saturated rings. The number of rotatable bonds is 7. The number of esters is 1. The SMILES string of the molecule is COC(=O)c1ccc(SNC(=O)CCCC2CCC3C4CCC5CCCCC5(C)C4CCC23C)cc1. The van der Waals surface area contributed by atoms with Crippen molar-refractivity contribution in [2.75, 3.05) is 7.11 Å². The zero-order valence-electron chi connectivity index (χ0n) is 22.5. The van der Waals surface area contributed by atoms with E-state index in [2.05, 4.69) is 18.6 Å². The van der Waals surface area contributed by atoms with Crippen molar-refractivity contribution in [3.8, 4) is 0 Å². The zero-order chi connectivity index (χ0) is 25.3. The Kier molecular flexibility index (Phi) is 7.77. The molecule has 198 valence electrons. The van der Waals surface area contributed by atoms with E-state index in [0.29, 0.717) is 22.8 Å². The maximum absolute atomic E-state index is 12.5. The molecule has 0 saturated heterocycles. The predicted molar refractivity (Wildman–Crippen MR) is 145 cm³/mol. The summed E-state index contributed by atoms with van der Waals surface area (Å²) >= 11 is 1.33. The highest BCUT2D eigenvalue weighted by molar-refractivity contribution is 7.98. The number of benzene rings is 1. The molecule has 0 aliphatic heterocycles. The van der Waals surface area contributed by atoms with Crippen molar-refractivity contribution in [1.29, 1.82) is 0 Å². The van der Waals surface area contributed by atoms with Gasteiger partial charge in [-0.2, -0.15) is 0 Å². The van der Waals surface area contributed by atoms with E-state index in [-0.39, 0.29) is 11.9 Å². The van der Waals surface area contributed by atoms with Crippen LogP contribution in [-0.2, 0) is 9.53 Å². The van der Waals surface area contributed by atoms with Gasteiger partial charge in [-0.1, -0.05) is 26.7 Å². The van der Waals surface area contributed by atoms with E-state index in [9.17, 15) is 9.59 Å². The third kappa shape index (κ3) is 4.86. The van der Waals surface area contributed by atoms with E-state index in [4.69, 9.17) is 4.74 Å². The minimum Gasteiger partial charge on any atom is -0.465 e. The van der Waals surface area contributed by atoms with E-state index in [1.807, 2.05) is 12.1 Å². The van der Waals surface area contributed by atoms with Gasteiger partial charge in [-0.3, -0.25) is 9.52 Å². The van der Waals surface area contributed by atoms with Crippen LogP contribution in [0.25, 0.3) is 0 Å². The second-order valence-electron chi connectivity index (χ2n) is 12.8. The quantitative estimate of drug-likeness (QED) is 0.299. The fraction of sp³-hybridized carbons (Fsp3) is 0.742. The van der Waals surface area contributed by atoms with Gasteiger partial charge in [0, 0.05) is 11.3 Å². The maximum atomic E-state index is 12.5. The first kappa shape index (κ1) is 26.1. The lowest BCUT2D eigenvalue weighted by Gasteiger charge is -2.60. The summed E-state index contributed by atoms with van der Waals surface area (Å²) in [5.74, 6) is 4.38. The highest BCUT2D eigenvalue weighted by Gasteiger charge is 2.59. The largest absolute Gasteiger partial charge is 0.465 e. The molecule has 1 amide bonds. The van der Waals surface area contributed by atoms with Crippen molar-refractivity contribution in [3.63, 3.8) is 0 Å². The number of hydrogen-bond donors (Lipinski definition) is 1. The number of carbonyl (C=O) groups excluding carboxylic acids is 2. The van der Waals surface area contributed by atoms with Crippen LogP contribution in [-0.4, -0.2) is 19.0 Å². The van der Waals surface area contributed by atoms with Gasteiger partial charge in [-0.15, -0.1) is 0 Å². The average Bonchev–Trinajstić information content (AvgIpc) is 3.23. The van der Waals surface area contributed by atoms with Crippen LogP contribution in [0.3, 0.4) is 0 Å². The number of amides is 1. The molecule has 5 rings (SSSR count). The molecule has 4 saturated carbocycles. The monoisotopic (exact) mass is 511 g/mol. The molecular weight excluding hydrogens is 466 g/mol. The third-order valence-corrected chi connectivity index (χ3v) is 12.1. The van der Waals surface area contributed by atoms with Gasteiger partial charge in [0.1, 0.15) is 0 Å². The van der Waals surface area contributed by atoms with Crippen molar-refractivity contribution >= 4 is 23.8 Å². The lowest BCUT2D eigenvalue weighted by Crippen LogP contribution is -2.52. The first-order valence-electron chi connectivity index (χ1n) is 14.5. The molecule has 1 aromatic carbocycles. The predicted octanol–water partition coefficient (Wildman–Crippen LogP) is 7.82. The van der Waals surface area contributed by atoms with Gasteiger partial charge in [0.15, 0.2) is 0 Å². The van der Waals surface area contributed by atoms with Crippen LogP contribution in [0.2, 0.25) is 0 Å². The lowest BCUT2D eigenvalue weighted by molar-refractivity contribution is -0.119. The van der Waals surface area contributed by atoms with Crippen LogP contribution in [0.5, 0.6) is 0 Å². The summed E-state index contributed by atoms with van der Waals surface area (Å²) in [5.41, 5.74) is 1.63. The summed E-state index contributed by atoms with van der Waals surface area (Å²) in [7, 11) is 1.38. The molecule has 4 aliphatic rings. The van der Waals surface area contributed by atoms with Crippen molar-refractivity contribution in [2.24, 2.45) is 40.4 Å².